The molecule has 146 valence electrons. The Hall–Kier alpha value is -3.20. The number of amides is 1. The molecule has 0 spiro atoms. The third-order valence-electron chi connectivity index (χ3n) is 4.45. The molecule has 0 bridgehead atoms. The summed E-state index contributed by atoms with van der Waals surface area (Å²) in [5.41, 5.74) is 6.07. The van der Waals surface area contributed by atoms with Gasteiger partial charge in [-0.25, -0.2) is 9.78 Å². The number of aryl methyl sites for hydroxylation is 1. The fourth-order valence-electron chi connectivity index (χ4n) is 3.07. The molecule has 0 saturated carbocycles. The van der Waals surface area contributed by atoms with Crippen LogP contribution in [0.3, 0.4) is 0 Å². The number of nitrogens with zero attached hydrogens (tertiary/aromatic N) is 2. The number of benzene rings is 1. The summed E-state index contributed by atoms with van der Waals surface area (Å²) >= 11 is 0.967. The number of rotatable bonds is 7. The van der Waals surface area contributed by atoms with Crippen LogP contribution in [0.5, 0.6) is 5.75 Å². The summed E-state index contributed by atoms with van der Waals surface area (Å²) in [7, 11) is 1.55. The van der Waals surface area contributed by atoms with Gasteiger partial charge in [0.1, 0.15) is 21.3 Å². The Labute approximate surface area is 164 Å². The van der Waals surface area contributed by atoms with Crippen molar-refractivity contribution in [2.45, 2.75) is 26.3 Å². The number of primary amides is 1. The van der Waals surface area contributed by atoms with Crippen LogP contribution in [0.25, 0.3) is 10.2 Å². The molecule has 0 atom stereocenters. The van der Waals surface area contributed by atoms with Crippen LogP contribution < -0.4 is 16.0 Å². The summed E-state index contributed by atoms with van der Waals surface area (Å²) < 4.78 is 6.76. The average molecular weight is 401 g/mol. The number of carbonyl (C=O) groups excluding carboxylic acids is 1. The topological polar surface area (TPSA) is 125 Å². The van der Waals surface area contributed by atoms with Crippen LogP contribution in [-0.4, -0.2) is 33.6 Å². The molecule has 0 aliphatic carbocycles. The number of hydrogen-bond acceptors (Lipinski definition) is 6. The summed E-state index contributed by atoms with van der Waals surface area (Å²) in [5.74, 6) is -0.577. The van der Waals surface area contributed by atoms with Crippen LogP contribution in [-0.2, 0) is 17.8 Å². The standard InChI is InChI=1S/C19H19N3O5S/c1-10-15-17(28-16(10)19(25)26)21-14(22(18(15)24)8-7-13(20)23)9-11-5-3-4-6-12(11)27-2/h3-6H,7-9H2,1-2H3,(H2,20,23)(H,25,26). The van der Waals surface area contributed by atoms with Crippen LogP contribution >= 0.6 is 11.3 Å². The van der Waals surface area contributed by atoms with E-state index in [-0.39, 0.29) is 35.2 Å². The van der Waals surface area contributed by atoms with E-state index >= 15 is 0 Å². The number of thiophene rings is 1. The molecular weight excluding hydrogens is 382 g/mol. The van der Waals surface area contributed by atoms with Gasteiger partial charge in [-0.2, -0.15) is 0 Å². The molecule has 0 fully saturated rings. The lowest BCUT2D eigenvalue weighted by molar-refractivity contribution is -0.118. The molecule has 0 unspecified atom stereocenters. The number of para-hydroxylation sites is 1. The highest BCUT2D eigenvalue weighted by Crippen LogP contribution is 2.28. The van der Waals surface area contributed by atoms with Crippen LogP contribution in [0.2, 0.25) is 0 Å². The van der Waals surface area contributed by atoms with E-state index in [0.29, 0.717) is 22.0 Å². The van der Waals surface area contributed by atoms with Gasteiger partial charge in [0, 0.05) is 24.9 Å². The molecule has 9 heteroatoms. The van der Waals surface area contributed by atoms with Crippen molar-refractivity contribution >= 4 is 33.4 Å². The van der Waals surface area contributed by atoms with E-state index < -0.39 is 11.9 Å². The van der Waals surface area contributed by atoms with Crippen molar-refractivity contribution in [1.82, 2.24) is 9.55 Å². The molecule has 0 saturated heterocycles. The minimum Gasteiger partial charge on any atom is -0.496 e. The maximum atomic E-state index is 13.1. The van der Waals surface area contributed by atoms with Gasteiger partial charge >= 0.3 is 5.97 Å². The zero-order valence-corrected chi connectivity index (χ0v) is 16.2. The first-order valence-electron chi connectivity index (χ1n) is 8.49. The van der Waals surface area contributed by atoms with Gasteiger partial charge in [-0.3, -0.25) is 14.2 Å². The highest BCUT2D eigenvalue weighted by atomic mass is 32.1. The molecule has 2 heterocycles. The number of aromatic nitrogens is 2. The number of carboxylic acids is 1. The lowest BCUT2D eigenvalue weighted by Crippen LogP contribution is -2.28. The number of fused-ring (bicyclic) bond motifs is 1. The number of aromatic carboxylic acids is 1. The normalized spacial score (nSPS) is 10.9. The minimum absolute atomic E-state index is 0.0268. The summed E-state index contributed by atoms with van der Waals surface area (Å²) in [4.78, 5) is 40.8. The second kappa shape index (κ2) is 7.81. The third-order valence-corrected chi connectivity index (χ3v) is 5.62. The first kappa shape index (κ1) is 19.6. The molecule has 0 aliphatic heterocycles. The van der Waals surface area contributed by atoms with E-state index in [9.17, 15) is 19.5 Å². The van der Waals surface area contributed by atoms with Crippen molar-refractivity contribution in [1.29, 1.82) is 0 Å². The number of hydrogen-bond donors (Lipinski definition) is 2. The minimum atomic E-state index is -1.10. The third kappa shape index (κ3) is 3.61. The average Bonchev–Trinajstić information content (AvgIpc) is 2.98. The molecule has 1 aromatic carbocycles. The Morgan fingerprint density at radius 2 is 2.04 bits per heavy atom. The van der Waals surface area contributed by atoms with E-state index in [0.717, 1.165) is 16.9 Å². The van der Waals surface area contributed by atoms with Crippen molar-refractivity contribution in [3.05, 3.63) is 56.4 Å². The van der Waals surface area contributed by atoms with E-state index in [2.05, 4.69) is 4.98 Å². The van der Waals surface area contributed by atoms with Crippen molar-refractivity contribution in [3.8, 4) is 5.75 Å². The molecule has 0 aliphatic rings. The van der Waals surface area contributed by atoms with Crippen LogP contribution in [0.1, 0.15) is 33.0 Å². The molecule has 3 rings (SSSR count). The maximum absolute atomic E-state index is 13.1. The van der Waals surface area contributed by atoms with Gasteiger partial charge in [-0.15, -0.1) is 11.3 Å². The predicted molar refractivity (Wildman–Crippen MR) is 105 cm³/mol. The summed E-state index contributed by atoms with van der Waals surface area (Å²) in [6.45, 7) is 1.66. The predicted octanol–water partition coefficient (Wildman–Crippen LogP) is 1.94. The summed E-state index contributed by atoms with van der Waals surface area (Å²) in [6, 6.07) is 7.34. The zero-order chi connectivity index (χ0) is 20.4. The summed E-state index contributed by atoms with van der Waals surface area (Å²) in [6.07, 6.45) is 0.258. The molecule has 2 aromatic heterocycles. The largest absolute Gasteiger partial charge is 0.496 e. The Morgan fingerprint density at radius 3 is 2.68 bits per heavy atom. The van der Waals surface area contributed by atoms with Gasteiger partial charge in [0.05, 0.1) is 12.5 Å². The molecule has 1 amide bonds. The van der Waals surface area contributed by atoms with Crippen LogP contribution in [0.15, 0.2) is 29.1 Å². The van der Waals surface area contributed by atoms with Crippen molar-refractivity contribution < 1.29 is 19.4 Å². The fourth-order valence-corrected chi connectivity index (χ4v) is 4.10. The van der Waals surface area contributed by atoms with Gasteiger partial charge < -0.3 is 15.6 Å². The Kier molecular flexibility index (Phi) is 5.46. The fraction of sp³-hybridized carbons (Fsp3) is 0.263. The number of ether oxygens (including phenoxy) is 1. The molecule has 8 nitrogen and oxygen atoms in total. The van der Waals surface area contributed by atoms with Gasteiger partial charge in [0.25, 0.3) is 5.56 Å². The number of methoxy groups -OCH3 is 1. The van der Waals surface area contributed by atoms with E-state index in [1.54, 1.807) is 20.1 Å². The monoisotopic (exact) mass is 401 g/mol. The quantitative estimate of drug-likeness (QED) is 0.623. The first-order chi connectivity index (χ1) is 13.3. The Balaban J connectivity index is 2.21. The molecule has 3 aromatic rings. The van der Waals surface area contributed by atoms with E-state index in [1.165, 1.54) is 4.57 Å². The maximum Gasteiger partial charge on any atom is 0.346 e. The van der Waals surface area contributed by atoms with E-state index in [4.69, 9.17) is 10.5 Å². The smallest absolute Gasteiger partial charge is 0.346 e. The highest BCUT2D eigenvalue weighted by molar-refractivity contribution is 7.20. The van der Waals surface area contributed by atoms with E-state index in [1.807, 2.05) is 18.2 Å². The lowest BCUT2D eigenvalue weighted by Gasteiger charge is -2.13. The molecule has 28 heavy (non-hydrogen) atoms. The molecule has 0 radical (unpaired) electrons. The molecular formula is C19H19N3O5S. The zero-order valence-electron chi connectivity index (χ0n) is 15.4. The van der Waals surface area contributed by atoms with Gasteiger partial charge in [-0.1, -0.05) is 18.2 Å². The first-order valence-corrected chi connectivity index (χ1v) is 9.31. The van der Waals surface area contributed by atoms with Crippen molar-refractivity contribution in [3.63, 3.8) is 0 Å². The number of nitrogens with two attached hydrogens (primary N) is 1. The molecule has 3 N–H and O–H groups in total. The lowest BCUT2D eigenvalue weighted by atomic mass is 10.1. The van der Waals surface area contributed by atoms with Gasteiger partial charge in [-0.05, 0) is 18.6 Å². The van der Waals surface area contributed by atoms with Gasteiger partial charge in [0.15, 0.2) is 0 Å². The Bertz CT molecular complexity index is 1130. The van der Waals surface area contributed by atoms with Crippen LogP contribution in [0.4, 0.5) is 0 Å². The SMILES string of the molecule is COc1ccccc1Cc1nc2sc(C(=O)O)c(C)c2c(=O)n1CCC(N)=O. The van der Waals surface area contributed by atoms with Gasteiger partial charge in [0.2, 0.25) is 5.91 Å². The highest BCUT2D eigenvalue weighted by Gasteiger charge is 2.21. The van der Waals surface area contributed by atoms with Crippen molar-refractivity contribution in [2.75, 3.05) is 7.11 Å². The number of carboxylic acid groups (broad SMARTS) is 1. The van der Waals surface area contributed by atoms with Crippen LogP contribution in [0, 0.1) is 6.92 Å². The van der Waals surface area contributed by atoms with Crippen molar-refractivity contribution in [2.24, 2.45) is 5.73 Å². The second-order valence-corrected chi connectivity index (χ2v) is 7.23. The second-order valence-electron chi connectivity index (χ2n) is 6.23. The summed E-state index contributed by atoms with van der Waals surface area (Å²) in [5, 5.41) is 9.63. The Morgan fingerprint density at radius 1 is 1.32 bits per heavy atom. The number of carbonyl (C=O) groups is 2.